The van der Waals surface area contributed by atoms with Gasteiger partial charge in [0.1, 0.15) is 5.75 Å². The van der Waals surface area contributed by atoms with Crippen LogP contribution in [0.25, 0.3) is 0 Å². The summed E-state index contributed by atoms with van der Waals surface area (Å²) in [4.78, 5) is 0. The van der Waals surface area contributed by atoms with Crippen molar-refractivity contribution < 1.29 is 4.74 Å². The van der Waals surface area contributed by atoms with Crippen molar-refractivity contribution in [1.29, 1.82) is 0 Å². The van der Waals surface area contributed by atoms with Gasteiger partial charge in [-0.1, -0.05) is 63.3 Å². The van der Waals surface area contributed by atoms with Gasteiger partial charge < -0.3 is 4.74 Å². The Morgan fingerprint density at radius 1 is 0.944 bits per heavy atom. The van der Waals surface area contributed by atoms with E-state index in [0.29, 0.717) is 0 Å². The van der Waals surface area contributed by atoms with Crippen molar-refractivity contribution in [3.63, 3.8) is 0 Å². The average Bonchev–Trinajstić information content (AvgIpc) is 2.33. The molecule has 1 aromatic rings. The molecule has 0 radical (unpaired) electrons. The van der Waals surface area contributed by atoms with Crippen LogP contribution in [0.4, 0.5) is 0 Å². The van der Waals surface area contributed by atoms with E-state index in [4.69, 9.17) is 4.74 Å². The minimum absolute atomic E-state index is 0.338. The molecule has 0 fully saturated rings. The molecule has 0 saturated heterocycles. The number of unbranched alkanes of at least 4 members (excludes halogenated alkanes) is 2. The van der Waals surface area contributed by atoms with Crippen molar-refractivity contribution in [2.75, 3.05) is 6.61 Å². The Hall–Kier alpha value is -0.546. The molecule has 102 valence electrons. The van der Waals surface area contributed by atoms with Gasteiger partial charge in [0.25, 0.3) is 0 Å². The lowest BCUT2D eigenvalue weighted by atomic mass is 10.2. The minimum Gasteiger partial charge on any atom is -0.494 e. The first-order chi connectivity index (χ1) is 8.61. The van der Waals surface area contributed by atoms with Crippen molar-refractivity contribution in [2.45, 2.75) is 51.5 Å². The summed E-state index contributed by atoms with van der Waals surface area (Å²) in [6.45, 7) is 10.5. The van der Waals surface area contributed by atoms with E-state index in [9.17, 15) is 0 Å². The minimum atomic E-state index is -0.766. The molecule has 3 heteroatoms. The Bertz CT molecular complexity index is 337. The largest absolute Gasteiger partial charge is 0.494 e. The average molecular weight is 281 g/mol. The lowest BCUT2D eigenvalue weighted by Gasteiger charge is -2.13. The fourth-order valence-corrected chi connectivity index (χ4v) is 4.45. The van der Waals surface area contributed by atoms with Gasteiger partial charge in [0.15, 0.2) is 0 Å². The summed E-state index contributed by atoms with van der Waals surface area (Å²) in [5, 5.41) is 1.46. The number of hydrogen-bond donors (Lipinski definition) is 0. The van der Waals surface area contributed by atoms with E-state index in [1.807, 2.05) is 0 Å². The summed E-state index contributed by atoms with van der Waals surface area (Å²) in [6.07, 6.45) is 3.93. The van der Waals surface area contributed by atoms with E-state index >= 15 is 0 Å². The van der Waals surface area contributed by atoms with Crippen molar-refractivity contribution in [3.8, 4) is 5.75 Å². The molecule has 0 spiro atoms. The fourth-order valence-electron chi connectivity index (χ4n) is 2.10. The lowest BCUT2D eigenvalue weighted by molar-refractivity contribution is 0.308. The quantitative estimate of drug-likeness (QED) is 0.524. The molecule has 0 aromatic heterocycles. The Balaban J connectivity index is 2.27. The highest BCUT2D eigenvalue weighted by Crippen LogP contribution is 2.10. The second-order valence-electron chi connectivity index (χ2n) is 5.78. The molecule has 1 aromatic carbocycles. The van der Waals surface area contributed by atoms with Gasteiger partial charge in [-0.05, 0) is 17.7 Å². The van der Waals surface area contributed by atoms with Crippen LogP contribution in [-0.4, -0.2) is 24.2 Å². The maximum atomic E-state index is 5.95. The van der Waals surface area contributed by atoms with Gasteiger partial charge >= 0.3 is 0 Å². The maximum Gasteiger partial charge on any atom is 0.118 e. The van der Waals surface area contributed by atoms with Gasteiger partial charge in [-0.15, -0.1) is 0 Å². The monoisotopic (exact) mass is 280 g/mol. The molecule has 0 aliphatic heterocycles. The van der Waals surface area contributed by atoms with Crippen molar-refractivity contribution >= 4 is 22.8 Å². The zero-order valence-corrected chi connectivity index (χ0v) is 14.7. The Morgan fingerprint density at radius 3 is 2.33 bits per heavy atom. The van der Waals surface area contributed by atoms with E-state index in [1.54, 1.807) is 0 Å². The predicted molar refractivity (Wildman–Crippen MR) is 88.0 cm³/mol. The second-order valence-corrected chi connectivity index (χ2v) is 12.1. The van der Waals surface area contributed by atoms with Gasteiger partial charge in [-0.25, -0.2) is 0 Å². The Labute approximate surface area is 116 Å². The van der Waals surface area contributed by atoms with Crippen LogP contribution >= 0.6 is 0 Å². The molecular weight excluding hydrogens is 252 g/mol. The lowest BCUT2D eigenvalue weighted by Crippen LogP contribution is -2.24. The van der Waals surface area contributed by atoms with Crippen LogP contribution in [0.3, 0.4) is 0 Å². The van der Waals surface area contributed by atoms with Crippen LogP contribution in [0, 0.1) is 0 Å². The smallest absolute Gasteiger partial charge is 0.118 e. The van der Waals surface area contributed by atoms with Crippen molar-refractivity contribution in [2.24, 2.45) is 0 Å². The molecule has 0 aliphatic carbocycles. The van der Waals surface area contributed by atoms with E-state index in [0.717, 1.165) is 12.4 Å². The van der Waals surface area contributed by atoms with Gasteiger partial charge in [0.05, 0.1) is 15.4 Å². The van der Waals surface area contributed by atoms with Gasteiger partial charge in [0, 0.05) is 8.80 Å². The molecule has 0 bridgehead atoms. The van der Waals surface area contributed by atoms with E-state index in [1.165, 1.54) is 30.5 Å². The highest BCUT2D eigenvalue weighted by molar-refractivity contribution is 6.71. The number of hydrogen-bond acceptors (Lipinski definition) is 1. The number of para-hydroxylation sites is 1. The molecule has 0 N–H and O–H groups in total. The number of ether oxygens (including phenoxy) is 1. The first-order valence-corrected chi connectivity index (χ1v) is 13.3. The van der Waals surface area contributed by atoms with Gasteiger partial charge in [-0.2, -0.15) is 0 Å². The highest BCUT2D eigenvalue weighted by atomic mass is 28.3. The zero-order chi connectivity index (χ0) is 13.4. The first-order valence-electron chi connectivity index (χ1n) is 7.33. The number of benzene rings is 1. The molecule has 0 unspecified atom stereocenters. The second kappa shape index (κ2) is 8.54. The van der Waals surface area contributed by atoms with Gasteiger partial charge in [-0.3, -0.25) is 0 Å². The SMILES string of the molecule is C[SiH](C)CCCCCOc1ccccc1[SiH](C)C. The molecule has 0 heterocycles. The van der Waals surface area contributed by atoms with E-state index < -0.39 is 8.80 Å². The first kappa shape index (κ1) is 15.5. The third kappa shape index (κ3) is 5.87. The van der Waals surface area contributed by atoms with Crippen LogP contribution in [-0.2, 0) is 0 Å². The van der Waals surface area contributed by atoms with Crippen LogP contribution < -0.4 is 9.92 Å². The standard InChI is InChI=1S/C15H28OSi2/c1-17(2)13-9-5-8-12-16-14-10-6-7-11-15(14)18(3)4/h6-7,10-11,17-18H,5,8-9,12-13H2,1-4H3. The predicted octanol–water partition coefficient (Wildman–Crippen LogP) is 3.42. The third-order valence-corrected chi connectivity index (χ3v) is 6.51. The molecule has 0 saturated carbocycles. The summed E-state index contributed by atoms with van der Waals surface area (Å²) < 4.78 is 5.95. The topological polar surface area (TPSA) is 9.23 Å². The molecule has 18 heavy (non-hydrogen) atoms. The van der Waals surface area contributed by atoms with Crippen LogP contribution in [0.15, 0.2) is 24.3 Å². The summed E-state index contributed by atoms with van der Waals surface area (Å²) in [5.74, 6) is 1.14. The zero-order valence-electron chi connectivity index (χ0n) is 12.4. The Kier molecular flexibility index (Phi) is 7.36. The maximum absolute atomic E-state index is 5.95. The van der Waals surface area contributed by atoms with Crippen LogP contribution in [0.1, 0.15) is 19.3 Å². The van der Waals surface area contributed by atoms with Crippen LogP contribution in [0.5, 0.6) is 5.75 Å². The van der Waals surface area contributed by atoms with E-state index in [2.05, 4.69) is 50.5 Å². The fraction of sp³-hybridized carbons (Fsp3) is 0.600. The van der Waals surface area contributed by atoms with Crippen molar-refractivity contribution in [1.82, 2.24) is 0 Å². The molecule has 1 nitrogen and oxygen atoms in total. The summed E-state index contributed by atoms with van der Waals surface area (Å²) >= 11 is 0. The Morgan fingerprint density at radius 2 is 1.67 bits per heavy atom. The number of rotatable bonds is 8. The normalized spacial score (nSPS) is 11.2. The van der Waals surface area contributed by atoms with Crippen molar-refractivity contribution in [3.05, 3.63) is 24.3 Å². The molecule has 0 atom stereocenters. The molecule has 0 aliphatic rings. The van der Waals surface area contributed by atoms with Gasteiger partial charge in [0.2, 0.25) is 0 Å². The summed E-state index contributed by atoms with van der Waals surface area (Å²) in [6, 6.07) is 10.1. The van der Waals surface area contributed by atoms with Crippen LogP contribution in [0.2, 0.25) is 32.2 Å². The van der Waals surface area contributed by atoms with E-state index in [-0.39, 0.29) is 8.80 Å². The third-order valence-electron chi connectivity index (χ3n) is 3.22. The summed E-state index contributed by atoms with van der Waals surface area (Å²) in [7, 11) is -1.10. The summed E-state index contributed by atoms with van der Waals surface area (Å²) in [5.41, 5.74) is 0. The molecular formula is C15H28OSi2. The molecule has 0 amide bonds. The highest BCUT2D eigenvalue weighted by Gasteiger charge is 2.07. The molecule has 1 rings (SSSR count).